The predicted octanol–water partition coefficient (Wildman–Crippen LogP) is 14.9. The van der Waals surface area contributed by atoms with Crippen LogP contribution in [0.1, 0.15) is 46.6 Å². The lowest BCUT2D eigenvalue weighted by Gasteiger charge is -2.26. The van der Waals surface area contributed by atoms with Crippen LogP contribution in [-0.4, -0.2) is 0 Å². The molecule has 0 spiro atoms. The second kappa shape index (κ2) is 13.4. The molecule has 10 aromatic rings. The Hall–Kier alpha value is -7.16. The molecule has 0 fully saturated rings. The smallest absolute Gasteiger partial charge is 0.143 e. The Labute approximate surface area is 362 Å². The monoisotopic (exact) mass is 723 g/mol. The van der Waals surface area contributed by atoms with Gasteiger partial charge in [-0.15, -0.1) is 0 Å². The van der Waals surface area contributed by atoms with Gasteiger partial charge in [-0.3, -0.25) is 0 Å². The molecule has 1 aromatic heterocycles. The van der Waals surface area contributed by atoms with Crippen LogP contribution in [0.15, 0.2) is 216 Å². The zero-order valence-corrected chi connectivity index (χ0v) is 26.9. The first-order valence-electron chi connectivity index (χ1n) is 32.7. The Morgan fingerprint density at radius 1 is 0.333 bits per heavy atom. The molecule has 2 heteroatoms. The van der Waals surface area contributed by atoms with Gasteiger partial charge in [0.25, 0.3) is 0 Å². The Morgan fingerprint density at radius 3 is 1.28 bits per heavy atom. The maximum absolute atomic E-state index is 9.91. The first-order valence-corrected chi connectivity index (χ1v) is 15.7. The summed E-state index contributed by atoms with van der Waals surface area (Å²) in [6.07, 6.45) is 0. The highest BCUT2D eigenvalue weighted by atomic mass is 16.3. The fourth-order valence-electron chi connectivity index (χ4n) is 5.54. The van der Waals surface area contributed by atoms with Crippen molar-refractivity contribution < 1.29 is 51.0 Å². The number of rotatable bonds is 7. The van der Waals surface area contributed by atoms with Crippen molar-refractivity contribution in [1.82, 2.24) is 0 Å². The maximum atomic E-state index is 9.91. The van der Waals surface area contributed by atoms with E-state index in [0.717, 1.165) is 6.07 Å². The predicted molar refractivity (Wildman–Crippen MR) is 228 cm³/mol. The van der Waals surface area contributed by atoms with Crippen LogP contribution < -0.4 is 4.90 Å². The molecule has 0 saturated carbocycles. The lowest BCUT2D eigenvalue weighted by molar-refractivity contribution is 0.673. The second-order valence-electron chi connectivity index (χ2n) is 11.1. The first-order chi connectivity index (χ1) is 40.9. The molecule has 254 valence electrons. The average Bonchev–Trinajstić information content (AvgIpc) is 1.34. The second-order valence-corrected chi connectivity index (χ2v) is 11.1. The van der Waals surface area contributed by atoms with Gasteiger partial charge in [0.05, 0.1) is 46.6 Å². The fraction of sp³-hybridized carbons (Fsp3) is 0. The summed E-state index contributed by atoms with van der Waals surface area (Å²) >= 11 is 0. The Balaban J connectivity index is 1.37. The fourth-order valence-corrected chi connectivity index (χ4v) is 5.54. The molecule has 0 amide bonds. The number of benzene rings is 9. The van der Waals surface area contributed by atoms with Gasteiger partial charge in [0.2, 0.25) is 0 Å². The van der Waals surface area contributed by atoms with Gasteiger partial charge in [-0.05, 0) is 92.2 Å². The molecular weight excluding hydrogens is 655 g/mol. The van der Waals surface area contributed by atoms with Gasteiger partial charge in [0.15, 0.2) is 0 Å². The minimum atomic E-state index is -1.22. The SMILES string of the molecule is [2H]c1c([2H])c([2H])c(-c2c([2H])c([2H])c(-c3c([2H])c4c(oc5c([2H])c(N(c6c([2H])c([2H])c(-c7c([2H])c([2H])c([2H])c([2H])c7[2H])c([2H])c6[2H])c6c([2H])c([2H])c(-c7c([2H])c([2H])c([2H])c([2H])c7[2H])c([2H])c6[2H])cc([2H])c54)c4c([2H])c([2H])c([2H])c([2H])c34)c([2H])c2[2H])c([2H])c1[2H]. The molecule has 0 bridgehead atoms. The number of hydrogen-bond acceptors (Lipinski definition) is 2. The van der Waals surface area contributed by atoms with Crippen LogP contribution in [0, 0.1) is 0 Å². The highest BCUT2D eigenvalue weighted by Crippen LogP contribution is 2.43. The molecule has 0 aliphatic heterocycles. The Kier molecular flexibility index (Phi) is 3.03. The molecule has 9 aromatic carbocycles. The van der Waals surface area contributed by atoms with Gasteiger partial charge in [0.1, 0.15) is 11.2 Å². The largest absolute Gasteiger partial charge is 0.455 e. The zero-order valence-electron chi connectivity index (χ0n) is 60.9. The molecule has 0 atom stereocenters. The van der Waals surface area contributed by atoms with Crippen LogP contribution in [0.4, 0.5) is 17.1 Å². The molecule has 2 nitrogen and oxygen atoms in total. The molecule has 1 heterocycles. The summed E-state index contributed by atoms with van der Waals surface area (Å²) < 4.78 is 309. The molecule has 0 saturated heterocycles. The third kappa shape index (κ3) is 5.71. The molecule has 0 aliphatic rings. The molecule has 0 aliphatic carbocycles. The minimum Gasteiger partial charge on any atom is -0.455 e. The van der Waals surface area contributed by atoms with Gasteiger partial charge in [-0.1, -0.05) is 163 Å². The van der Waals surface area contributed by atoms with Crippen molar-refractivity contribution in [2.45, 2.75) is 0 Å². The summed E-state index contributed by atoms with van der Waals surface area (Å²) in [5, 5.41) is -2.55. The number of furan rings is 1. The van der Waals surface area contributed by atoms with Crippen molar-refractivity contribution in [2.75, 3.05) is 4.90 Å². The van der Waals surface area contributed by atoms with E-state index in [1.54, 1.807) is 0 Å². The maximum Gasteiger partial charge on any atom is 0.143 e. The highest BCUT2D eigenvalue weighted by molar-refractivity contribution is 6.19. The molecular formula is C52H35NO. The lowest BCUT2D eigenvalue weighted by Crippen LogP contribution is -2.09. The number of hydrogen-bond donors (Lipinski definition) is 0. The van der Waals surface area contributed by atoms with Gasteiger partial charge in [0, 0.05) is 39.3 Å². The van der Waals surface area contributed by atoms with E-state index in [-0.39, 0.29) is 0 Å². The zero-order chi connectivity index (χ0) is 65.4. The Bertz CT molecular complexity index is 4610. The van der Waals surface area contributed by atoms with E-state index in [1.165, 1.54) is 0 Å². The van der Waals surface area contributed by atoms with Crippen molar-refractivity contribution in [3.63, 3.8) is 0 Å². The first kappa shape index (κ1) is 12.2. The summed E-state index contributed by atoms with van der Waals surface area (Å²) in [5.74, 6) is 0. The van der Waals surface area contributed by atoms with Gasteiger partial charge >= 0.3 is 0 Å². The molecule has 10 rings (SSSR count). The summed E-state index contributed by atoms with van der Waals surface area (Å²) in [7, 11) is 0. The Morgan fingerprint density at radius 2 is 0.759 bits per heavy atom. The van der Waals surface area contributed by atoms with Gasteiger partial charge in [-0.25, -0.2) is 0 Å². The van der Waals surface area contributed by atoms with E-state index in [2.05, 4.69) is 0 Å². The van der Waals surface area contributed by atoms with Crippen LogP contribution in [0.3, 0.4) is 0 Å². The number of nitrogens with zero attached hydrogens (tertiary/aromatic N) is 1. The number of anilines is 3. The summed E-state index contributed by atoms with van der Waals surface area (Å²) in [5.41, 5.74) is -11.1. The van der Waals surface area contributed by atoms with Crippen molar-refractivity contribution >= 4 is 49.8 Å². The average molecular weight is 724 g/mol. The highest BCUT2D eigenvalue weighted by Gasteiger charge is 2.19. The van der Waals surface area contributed by atoms with Crippen molar-refractivity contribution in [3.8, 4) is 44.5 Å². The third-order valence-electron chi connectivity index (χ3n) is 7.95. The van der Waals surface area contributed by atoms with Crippen LogP contribution >= 0.6 is 0 Å². The van der Waals surface area contributed by atoms with E-state index < -0.39 is 300 Å². The molecule has 0 N–H and O–H groups in total. The van der Waals surface area contributed by atoms with E-state index in [4.69, 9.17) is 30.5 Å². The molecule has 0 radical (unpaired) electrons. The van der Waals surface area contributed by atoms with Crippen molar-refractivity contribution in [2.24, 2.45) is 0 Å². The summed E-state index contributed by atoms with van der Waals surface area (Å²) in [6.45, 7) is 0. The quantitative estimate of drug-likeness (QED) is 0.163. The lowest BCUT2D eigenvalue weighted by atomic mass is 9.94. The van der Waals surface area contributed by atoms with Crippen molar-refractivity contribution in [3.05, 3.63) is 212 Å². The van der Waals surface area contributed by atoms with Gasteiger partial charge < -0.3 is 9.32 Å². The van der Waals surface area contributed by atoms with Crippen LogP contribution in [0.5, 0.6) is 0 Å². The topological polar surface area (TPSA) is 16.4 Å². The van der Waals surface area contributed by atoms with E-state index in [9.17, 15) is 20.6 Å². The number of fused-ring (bicyclic) bond motifs is 5. The third-order valence-corrected chi connectivity index (χ3v) is 7.95. The van der Waals surface area contributed by atoms with Crippen LogP contribution in [0.25, 0.3) is 77.2 Å². The van der Waals surface area contributed by atoms with Crippen LogP contribution in [-0.2, 0) is 0 Å². The van der Waals surface area contributed by atoms with E-state index >= 15 is 0 Å². The normalized spacial score (nSPS) is 20.1. The van der Waals surface area contributed by atoms with E-state index in [0.29, 0.717) is 4.90 Å². The van der Waals surface area contributed by atoms with E-state index in [1.807, 2.05) is 0 Å². The summed E-state index contributed by atoms with van der Waals surface area (Å²) in [6, 6.07) is -33.5. The standard InChI is InChI=1S/C52H35NO/c1-4-12-36(13-5-1)39-20-22-42(23-21-39)49-35-50-47-33-32-45(34-51(47)54-52(50)48-19-11-10-18-46(48)49)53(43-28-24-40(25-29-43)37-14-6-2-7-15-37)44-30-26-41(27-31-44)38-16-8-3-9-17-38/h1-35H/i1D,2D,3D,4D,5D,6D,7D,8D,9D,10D,11D,12D,13D,14D,15D,16D,17D,18D,19D,20D,21D,22D,23D,24D,25D,26D,27D,28D,29D,30D,31D,33D,34D,35D. The van der Waals surface area contributed by atoms with Crippen LogP contribution in [0.2, 0.25) is 0 Å². The van der Waals surface area contributed by atoms with Crippen molar-refractivity contribution in [1.29, 1.82) is 0 Å². The summed E-state index contributed by atoms with van der Waals surface area (Å²) in [4.78, 5) is 0.449. The molecule has 54 heavy (non-hydrogen) atoms. The van der Waals surface area contributed by atoms with Gasteiger partial charge in [-0.2, -0.15) is 0 Å². The minimum absolute atomic E-state index is 0.449. The molecule has 0 unspecified atom stereocenters.